The zero-order chi connectivity index (χ0) is 15.1. The first-order valence-electron chi connectivity index (χ1n) is 5.67. The Morgan fingerprint density at radius 2 is 1.06 bits per heavy atom. The molecule has 18 heavy (non-hydrogen) atoms. The Morgan fingerprint density at radius 3 is 1.11 bits per heavy atom. The van der Waals surface area contributed by atoms with Crippen LogP contribution in [0.1, 0.15) is 40.5 Å². The summed E-state index contributed by atoms with van der Waals surface area (Å²) < 4.78 is 8.84. The van der Waals surface area contributed by atoms with E-state index in [4.69, 9.17) is 0 Å². The van der Waals surface area contributed by atoms with E-state index in [-0.39, 0.29) is 11.9 Å². The van der Waals surface area contributed by atoms with E-state index >= 15 is 0 Å². The van der Waals surface area contributed by atoms with Gasteiger partial charge in [-0.05, 0) is 11.8 Å². The summed E-state index contributed by atoms with van der Waals surface area (Å²) in [5, 5.41) is 0. The molecule has 0 aliphatic heterocycles. The Bertz CT molecular complexity index is 184. The molecule has 0 aromatic carbocycles. The molecule has 110 valence electrons. The normalized spacial score (nSPS) is 8.78. The van der Waals surface area contributed by atoms with Gasteiger partial charge >= 0.3 is 11.9 Å². The van der Waals surface area contributed by atoms with E-state index in [0.717, 1.165) is 0 Å². The lowest BCUT2D eigenvalue weighted by atomic mass is 10.1. The van der Waals surface area contributed by atoms with Crippen LogP contribution in [0.4, 0.5) is 0 Å². The van der Waals surface area contributed by atoms with Crippen LogP contribution in [-0.4, -0.2) is 26.2 Å². The maximum absolute atomic E-state index is 10.4. The van der Waals surface area contributed by atoms with Gasteiger partial charge in [-0.15, -0.1) is 23.3 Å². The largest absolute Gasteiger partial charge is 0.469 e. The third-order valence-corrected chi connectivity index (χ3v) is 1.61. The Hall–Kier alpha value is -0.360. The minimum atomic E-state index is -0.125. The molecular weight excluding hydrogens is 272 g/mol. The van der Waals surface area contributed by atoms with Gasteiger partial charge in [-0.1, -0.05) is 27.7 Å². The molecule has 0 rings (SSSR count). The van der Waals surface area contributed by atoms with Crippen LogP contribution >= 0.6 is 23.3 Å². The van der Waals surface area contributed by atoms with E-state index in [0.29, 0.717) is 24.7 Å². The predicted octanol–water partition coefficient (Wildman–Crippen LogP) is 3.17. The van der Waals surface area contributed by atoms with Gasteiger partial charge in [-0.2, -0.15) is 0 Å². The van der Waals surface area contributed by atoms with Crippen LogP contribution in [0.5, 0.6) is 0 Å². The molecule has 0 bridgehead atoms. The van der Waals surface area contributed by atoms with Gasteiger partial charge in [0.25, 0.3) is 0 Å². The average molecular weight is 298 g/mol. The van der Waals surface area contributed by atoms with Gasteiger partial charge in [0.05, 0.1) is 14.2 Å². The van der Waals surface area contributed by atoms with Crippen molar-refractivity contribution in [3.63, 3.8) is 0 Å². The van der Waals surface area contributed by atoms with Gasteiger partial charge in [0.2, 0.25) is 0 Å². The van der Waals surface area contributed by atoms with Crippen molar-refractivity contribution in [2.24, 2.45) is 11.8 Å². The minimum Gasteiger partial charge on any atom is -0.469 e. The summed E-state index contributed by atoms with van der Waals surface area (Å²) in [5.41, 5.74) is 0. The molecule has 0 fully saturated rings. The molecule has 0 aliphatic carbocycles. The molecular formula is C12H26O4S2. The monoisotopic (exact) mass is 298 g/mol. The first kappa shape index (κ1) is 22.8. The molecule has 0 heterocycles. The highest BCUT2D eigenvalue weighted by atomic mass is 33.1. The summed E-state index contributed by atoms with van der Waals surface area (Å²) >= 11 is 6.44. The minimum absolute atomic E-state index is 0.125. The molecule has 0 spiro atoms. The first-order valence-corrected chi connectivity index (χ1v) is 7.27. The smallest absolute Gasteiger partial charge is 0.305 e. The number of hydrogen-bond donors (Lipinski definition) is 2. The summed E-state index contributed by atoms with van der Waals surface area (Å²) in [6.45, 7) is 7.93. The van der Waals surface area contributed by atoms with E-state index in [2.05, 4.69) is 32.8 Å². The highest BCUT2D eigenvalue weighted by molar-refractivity contribution is 8.59. The van der Waals surface area contributed by atoms with Crippen molar-refractivity contribution in [2.75, 3.05) is 14.2 Å². The molecule has 0 amide bonds. The van der Waals surface area contributed by atoms with Crippen molar-refractivity contribution in [1.29, 1.82) is 0 Å². The van der Waals surface area contributed by atoms with E-state index in [1.807, 2.05) is 27.7 Å². The molecule has 0 atom stereocenters. The van der Waals surface area contributed by atoms with Crippen molar-refractivity contribution < 1.29 is 19.1 Å². The summed E-state index contributed by atoms with van der Waals surface area (Å²) in [4.78, 5) is 20.8. The summed E-state index contributed by atoms with van der Waals surface area (Å²) in [5.74, 6) is 0.560. The SMILES string of the molecule is COC(=O)CC(C)C.COC(=O)CC(C)C.SS. The van der Waals surface area contributed by atoms with Crippen molar-refractivity contribution in [1.82, 2.24) is 0 Å². The van der Waals surface area contributed by atoms with Crippen LogP contribution in [0.2, 0.25) is 0 Å². The molecule has 0 aliphatic rings. The van der Waals surface area contributed by atoms with E-state index in [1.54, 1.807) is 0 Å². The average Bonchev–Trinajstić information content (AvgIpc) is 2.30. The Balaban J connectivity index is -0.000000219. The second-order valence-corrected chi connectivity index (χ2v) is 4.35. The van der Waals surface area contributed by atoms with Gasteiger partial charge in [0.15, 0.2) is 0 Å². The molecule has 0 saturated carbocycles. The lowest BCUT2D eigenvalue weighted by Crippen LogP contribution is -2.03. The quantitative estimate of drug-likeness (QED) is 0.475. The van der Waals surface area contributed by atoms with Gasteiger partial charge < -0.3 is 9.47 Å². The first-order chi connectivity index (χ1) is 8.33. The molecule has 0 radical (unpaired) electrons. The Morgan fingerprint density at radius 1 is 0.833 bits per heavy atom. The van der Waals surface area contributed by atoms with E-state index in [1.165, 1.54) is 14.2 Å². The van der Waals surface area contributed by atoms with Crippen molar-refractivity contribution in [3.05, 3.63) is 0 Å². The second kappa shape index (κ2) is 16.6. The van der Waals surface area contributed by atoms with Gasteiger partial charge in [-0.3, -0.25) is 9.59 Å². The van der Waals surface area contributed by atoms with Gasteiger partial charge in [0, 0.05) is 12.8 Å². The number of ether oxygens (including phenoxy) is 2. The number of carbonyl (C=O) groups excluding carboxylic acids is 2. The molecule has 4 nitrogen and oxygen atoms in total. The number of methoxy groups -OCH3 is 2. The standard InChI is InChI=1S/2C6H12O2.H2S2/c2*1-5(2)4-6(7)8-3;1-2/h2*5H,4H2,1-3H3;1-2H. The number of thiol groups is 2. The second-order valence-electron chi connectivity index (χ2n) is 4.35. The number of carbonyl (C=O) groups is 2. The third-order valence-electron chi connectivity index (χ3n) is 1.61. The van der Waals surface area contributed by atoms with Crippen molar-refractivity contribution in [3.8, 4) is 0 Å². The zero-order valence-electron chi connectivity index (χ0n) is 12.1. The number of hydrogen-bond acceptors (Lipinski definition) is 6. The van der Waals surface area contributed by atoms with E-state index in [9.17, 15) is 9.59 Å². The van der Waals surface area contributed by atoms with Crippen LogP contribution < -0.4 is 0 Å². The lowest BCUT2D eigenvalue weighted by Gasteiger charge is -1.99. The van der Waals surface area contributed by atoms with Crippen LogP contribution in [0.3, 0.4) is 0 Å². The molecule has 0 aromatic rings. The molecule has 0 saturated heterocycles. The fourth-order valence-corrected chi connectivity index (χ4v) is 0.833. The summed E-state index contributed by atoms with van der Waals surface area (Å²) in [6.07, 6.45) is 1.05. The Labute approximate surface area is 121 Å². The fourth-order valence-electron chi connectivity index (χ4n) is 0.833. The fraction of sp³-hybridized carbons (Fsp3) is 0.833. The molecule has 0 N–H and O–H groups in total. The third kappa shape index (κ3) is 24.7. The topological polar surface area (TPSA) is 52.6 Å². The van der Waals surface area contributed by atoms with Crippen LogP contribution in [0.15, 0.2) is 0 Å². The maximum Gasteiger partial charge on any atom is 0.305 e. The van der Waals surface area contributed by atoms with Gasteiger partial charge in [0.1, 0.15) is 0 Å². The highest BCUT2D eigenvalue weighted by Crippen LogP contribution is 1.99. The van der Waals surface area contributed by atoms with Gasteiger partial charge in [-0.25, -0.2) is 0 Å². The van der Waals surface area contributed by atoms with Crippen molar-refractivity contribution >= 4 is 35.3 Å². The molecule has 0 aromatic heterocycles. The maximum atomic E-state index is 10.4. The van der Waals surface area contributed by atoms with Crippen LogP contribution in [0.25, 0.3) is 0 Å². The predicted molar refractivity (Wildman–Crippen MR) is 80.9 cm³/mol. The van der Waals surface area contributed by atoms with E-state index < -0.39 is 0 Å². The van der Waals surface area contributed by atoms with Crippen molar-refractivity contribution in [2.45, 2.75) is 40.5 Å². The zero-order valence-corrected chi connectivity index (χ0v) is 13.9. The Kier molecular flexibility index (Phi) is 21.1. The highest BCUT2D eigenvalue weighted by Gasteiger charge is 2.02. The molecule has 0 unspecified atom stereocenters. The lowest BCUT2D eigenvalue weighted by molar-refractivity contribution is -0.142. The number of rotatable bonds is 4. The van der Waals surface area contributed by atoms with Crippen LogP contribution in [0, 0.1) is 11.8 Å². The summed E-state index contributed by atoms with van der Waals surface area (Å²) in [7, 11) is 2.81. The van der Waals surface area contributed by atoms with Crippen LogP contribution in [-0.2, 0) is 19.1 Å². The number of esters is 2. The summed E-state index contributed by atoms with van der Waals surface area (Å²) in [6, 6.07) is 0. The molecule has 6 heteroatoms.